The molecule has 394 valence electrons. The molecule has 2 fully saturated rings. The van der Waals surface area contributed by atoms with Gasteiger partial charge < -0.3 is 57.4 Å². The van der Waals surface area contributed by atoms with Gasteiger partial charge in [0.1, 0.15) is 55.2 Å². The zero-order chi connectivity index (χ0) is 53.2. The van der Waals surface area contributed by atoms with Crippen LogP contribution in [-0.2, 0) is 54.0 Å². The van der Waals surface area contributed by atoms with Crippen LogP contribution in [0.1, 0.15) is 53.9 Å². The highest BCUT2D eigenvalue weighted by atomic mass is 16.8. The lowest BCUT2D eigenvalue weighted by Crippen LogP contribution is -2.69. The predicted molar refractivity (Wildman–Crippen MR) is 273 cm³/mol. The highest BCUT2D eigenvalue weighted by molar-refractivity contribution is 5.91. The number of nitrogens with one attached hydrogen (secondary N) is 1. The molecule has 17 nitrogen and oxygen atoms in total. The first-order valence-electron chi connectivity index (χ1n) is 24.5. The summed E-state index contributed by atoms with van der Waals surface area (Å²) in [5.74, 6) is -2.93. The summed E-state index contributed by atoms with van der Waals surface area (Å²) in [5, 5.41) is 2.93. The van der Waals surface area contributed by atoms with Crippen molar-refractivity contribution in [2.75, 3.05) is 26.9 Å². The number of benzene rings is 6. The van der Waals surface area contributed by atoms with Crippen molar-refractivity contribution in [1.29, 1.82) is 0 Å². The van der Waals surface area contributed by atoms with E-state index in [-0.39, 0.29) is 42.1 Å². The van der Waals surface area contributed by atoms with Crippen molar-refractivity contribution in [2.45, 2.75) is 74.9 Å². The number of methoxy groups -OCH3 is 1. The van der Waals surface area contributed by atoms with Crippen molar-refractivity contribution in [3.8, 4) is 11.5 Å². The molecule has 0 aliphatic carbocycles. The maximum absolute atomic E-state index is 14.4. The summed E-state index contributed by atoms with van der Waals surface area (Å²) in [4.78, 5) is 69.9. The molecule has 0 radical (unpaired) electrons. The topological polar surface area (TPSA) is 199 Å². The van der Waals surface area contributed by atoms with Gasteiger partial charge in [0, 0.05) is 6.92 Å². The molecule has 10 atom stereocenters. The molecule has 0 unspecified atom stereocenters. The molecule has 0 aromatic heterocycles. The van der Waals surface area contributed by atoms with Crippen molar-refractivity contribution in [3.63, 3.8) is 0 Å². The fourth-order valence-electron chi connectivity index (χ4n) is 8.50. The summed E-state index contributed by atoms with van der Waals surface area (Å²) in [7, 11) is 1.54. The third-order valence-electron chi connectivity index (χ3n) is 12.2. The summed E-state index contributed by atoms with van der Waals surface area (Å²) >= 11 is 0. The molecule has 0 saturated carbocycles. The molecule has 1 N–H and O–H groups in total. The van der Waals surface area contributed by atoms with Crippen LogP contribution in [0.4, 0.5) is 0 Å². The van der Waals surface area contributed by atoms with Crippen molar-refractivity contribution in [3.05, 3.63) is 216 Å². The van der Waals surface area contributed by atoms with E-state index in [1.54, 1.807) is 109 Å². The van der Waals surface area contributed by atoms with E-state index in [4.69, 9.17) is 52.1 Å². The van der Waals surface area contributed by atoms with Crippen molar-refractivity contribution < 1.29 is 76.1 Å². The Morgan fingerprint density at radius 3 is 1.49 bits per heavy atom. The Balaban J connectivity index is 1.25. The Hall–Kier alpha value is -8.19. The summed E-state index contributed by atoms with van der Waals surface area (Å²) in [6, 6.07) is 47.2. The lowest BCUT2D eigenvalue weighted by molar-refractivity contribution is -0.349. The Morgan fingerprint density at radius 2 is 0.974 bits per heavy atom. The third kappa shape index (κ3) is 14.3. The lowest BCUT2D eigenvalue weighted by atomic mass is 9.94. The van der Waals surface area contributed by atoms with Crippen LogP contribution in [0.15, 0.2) is 189 Å². The average Bonchev–Trinajstić information content (AvgIpc) is 3.47. The molecule has 8 rings (SSSR count). The summed E-state index contributed by atoms with van der Waals surface area (Å²) in [5.41, 5.74) is 1.29. The normalized spacial score (nSPS) is 22.9. The van der Waals surface area contributed by atoms with Gasteiger partial charge in [-0.3, -0.25) is 4.79 Å². The maximum Gasteiger partial charge on any atom is 0.338 e. The maximum atomic E-state index is 14.4. The van der Waals surface area contributed by atoms with Gasteiger partial charge in [0.25, 0.3) is 0 Å². The summed E-state index contributed by atoms with van der Waals surface area (Å²) in [6.07, 6.45) is -11.9. The SMILES string of the molecule is C=CCO[C@H]1[C@@H](NC(C)=O)[C@H](OCc2ccccc2)O[C@H](COc2ccc(OC)cc2)[C@H]1O[C@@H]1O[C@H](COC(=O)c2ccccc2)[C@H](OC(=O)c2ccccc2)[C@H](OC(=O)c2ccccc2)[C@H]1OC(=O)c1ccccc1. The van der Waals surface area contributed by atoms with E-state index in [9.17, 15) is 24.0 Å². The fraction of sp³-hybridized carbons (Fsp3) is 0.271. The Kier molecular flexibility index (Phi) is 19.1. The number of carbonyl (C=O) groups is 5. The largest absolute Gasteiger partial charge is 0.497 e. The second-order valence-electron chi connectivity index (χ2n) is 17.5. The number of esters is 4. The van der Waals surface area contributed by atoms with Crippen molar-refractivity contribution >= 4 is 29.8 Å². The highest BCUT2D eigenvalue weighted by Gasteiger charge is 2.57. The third-order valence-corrected chi connectivity index (χ3v) is 12.2. The monoisotopic (exact) mass is 1040 g/mol. The van der Waals surface area contributed by atoms with Gasteiger partial charge in [-0.25, -0.2) is 19.2 Å². The number of ether oxygens (including phenoxy) is 11. The van der Waals surface area contributed by atoms with Gasteiger partial charge in [0.2, 0.25) is 5.91 Å². The molecule has 2 aliphatic rings. The molecule has 76 heavy (non-hydrogen) atoms. The Bertz CT molecular complexity index is 2820. The van der Waals surface area contributed by atoms with Crippen LogP contribution in [0.3, 0.4) is 0 Å². The van der Waals surface area contributed by atoms with Crippen molar-refractivity contribution in [1.82, 2.24) is 5.32 Å². The molecule has 2 heterocycles. The lowest BCUT2D eigenvalue weighted by Gasteiger charge is -2.49. The number of hydrogen-bond donors (Lipinski definition) is 1. The first-order valence-corrected chi connectivity index (χ1v) is 24.5. The first-order chi connectivity index (χ1) is 37.1. The first kappa shape index (κ1) is 54.1. The fourth-order valence-corrected chi connectivity index (χ4v) is 8.50. The number of hydrogen-bond acceptors (Lipinski definition) is 16. The van der Waals surface area contributed by atoms with Crippen LogP contribution in [0.25, 0.3) is 0 Å². The quantitative estimate of drug-likeness (QED) is 0.0393. The van der Waals surface area contributed by atoms with Gasteiger partial charge in [0.15, 0.2) is 30.9 Å². The van der Waals surface area contributed by atoms with Gasteiger partial charge >= 0.3 is 23.9 Å². The molecule has 2 saturated heterocycles. The second kappa shape index (κ2) is 26.9. The van der Waals surface area contributed by atoms with E-state index in [0.717, 1.165) is 5.56 Å². The minimum atomic E-state index is -1.81. The van der Waals surface area contributed by atoms with Gasteiger partial charge in [-0.1, -0.05) is 109 Å². The molecule has 17 heteroatoms. The summed E-state index contributed by atoms with van der Waals surface area (Å²) in [6.45, 7) is 4.30. The van der Waals surface area contributed by atoms with Crippen LogP contribution in [-0.4, -0.2) is 118 Å². The molecule has 6 aromatic rings. The molecule has 1 amide bonds. The minimum absolute atomic E-state index is 0.0531. The number of carbonyl (C=O) groups excluding carboxylic acids is 5. The van der Waals surface area contributed by atoms with Gasteiger partial charge in [-0.2, -0.15) is 0 Å². The van der Waals surface area contributed by atoms with Crippen LogP contribution < -0.4 is 14.8 Å². The predicted octanol–water partition coefficient (Wildman–Crippen LogP) is 7.74. The van der Waals surface area contributed by atoms with Crippen LogP contribution >= 0.6 is 0 Å². The van der Waals surface area contributed by atoms with E-state index in [0.29, 0.717) is 11.5 Å². The van der Waals surface area contributed by atoms with Crippen LogP contribution in [0.5, 0.6) is 11.5 Å². The standard InChI is InChI=1S/C59H57NO16/c1-4-34-67-51-48(60-38(2)61)58(70-35-39-20-10-5-11-21-39)71-46(36-68-45-32-30-44(66-3)31-33-45)49(51)76-59-53(75-57(65)43-28-18-9-19-29-43)52(74-56(64)42-26-16-8-17-27-42)50(73-55(63)41-24-14-7-15-25-41)47(72-59)37-69-54(62)40-22-12-6-13-23-40/h4-33,46-53,58-59H,1,34-37H2,2-3H3,(H,60,61)/t46-,47-,48-,49-,50+,51+,52+,53-,58-,59+/m1/s1. The molecule has 0 spiro atoms. The molecular formula is C59H57NO16. The average molecular weight is 1040 g/mol. The minimum Gasteiger partial charge on any atom is -0.497 e. The number of amides is 1. The highest BCUT2D eigenvalue weighted by Crippen LogP contribution is 2.36. The van der Waals surface area contributed by atoms with Gasteiger partial charge in [-0.15, -0.1) is 6.58 Å². The van der Waals surface area contributed by atoms with E-state index in [1.165, 1.54) is 56.5 Å². The molecule has 0 bridgehead atoms. The summed E-state index contributed by atoms with van der Waals surface area (Å²) < 4.78 is 70.1. The Morgan fingerprint density at radius 1 is 0.513 bits per heavy atom. The van der Waals surface area contributed by atoms with E-state index in [1.807, 2.05) is 30.3 Å². The molecule has 2 aliphatic heterocycles. The zero-order valence-electron chi connectivity index (χ0n) is 41.7. The molecular weight excluding hydrogens is 979 g/mol. The van der Waals surface area contributed by atoms with Crippen LogP contribution in [0.2, 0.25) is 0 Å². The van der Waals surface area contributed by atoms with Gasteiger partial charge in [0.05, 0.1) is 42.6 Å². The van der Waals surface area contributed by atoms with E-state index in [2.05, 4.69) is 11.9 Å². The number of rotatable bonds is 22. The smallest absolute Gasteiger partial charge is 0.338 e. The van der Waals surface area contributed by atoms with Gasteiger partial charge in [-0.05, 0) is 78.4 Å². The van der Waals surface area contributed by atoms with E-state index < -0.39 is 97.7 Å². The Labute approximate surface area is 439 Å². The zero-order valence-corrected chi connectivity index (χ0v) is 41.7. The second-order valence-corrected chi connectivity index (χ2v) is 17.5. The van der Waals surface area contributed by atoms with E-state index >= 15 is 0 Å². The van der Waals surface area contributed by atoms with Crippen LogP contribution in [0, 0.1) is 0 Å². The molecule has 6 aromatic carbocycles. The van der Waals surface area contributed by atoms with Crippen molar-refractivity contribution in [2.24, 2.45) is 0 Å².